The maximum absolute atomic E-state index is 8.67. The van der Waals surface area contributed by atoms with E-state index in [4.69, 9.17) is 21.3 Å². The van der Waals surface area contributed by atoms with Crippen molar-refractivity contribution in [2.75, 3.05) is 11.1 Å². The lowest BCUT2D eigenvalue weighted by molar-refractivity contribution is 0.516. The second-order valence-electron chi connectivity index (χ2n) is 5.23. The number of nitriles is 1. The number of rotatable bonds is 7. The molecule has 25 heavy (non-hydrogen) atoms. The number of halogens is 1. The molecule has 0 fully saturated rings. The maximum Gasteiger partial charge on any atom is 0.214 e. The molecule has 0 saturated heterocycles. The third-order valence-corrected chi connectivity index (χ3v) is 4.76. The van der Waals surface area contributed by atoms with Crippen LogP contribution < -0.4 is 5.32 Å². The van der Waals surface area contributed by atoms with Crippen LogP contribution in [0.15, 0.2) is 64.0 Å². The van der Waals surface area contributed by atoms with Crippen LogP contribution in [0.4, 0.5) is 5.69 Å². The minimum Gasteiger partial charge on any atom is -0.439 e. The highest BCUT2D eigenvalue weighted by Crippen LogP contribution is 2.28. The minimum absolute atomic E-state index is 0.483. The summed E-state index contributed by atoms with van der Waals surface area (Å²) in [5.74, 6) is 2.07. The first kappa shape index (κ1) is 17.4. The monoisotopic (exact) mass is 369 g/mol. The number of benzene rings is 2. The quantitative estimate of drug-likeness (QED) is 0.433. The van der Waals surface area contributed by atoms with Gasteiger partial charge in [0.05, 0.1) is 18.8 Å². The fourth-order valence-electron chi connectivity index (χ4n) is 2.28. The molecule has 1 aromatic heterocycles. The van der Waals surface area contributed by atoms with Crippen LogP contribution in [-0.4, -0.2) is 10.7 Å². The molecule has 1 heterocycles. The number of nitrogens with one attached hydrogen (secondary N) is 1. The van der Waals surface area contributed by atoms with Gasteiger partial charge in [-0.15, -0.1) is 11.8 Å². The van der Waals surface area contributed by atoms with E-state index in [0.29, 0.717) is 29.6 Å². The number of anilines is 1. The zero-order chi connectivity index (χ0) is 17.5. The third-order valence-electron chi connectivity index (χ3n) is 3.45. The van der Waals surface area contributed by atoms with E-state index in [0.717, 1.165) is 21.9 Å². The Bertz CT molecular complexity index is 888. The van der Waals surface area contributed by atoms with Gasteiger partial charge in [0, 0.05) is 33.3 Å². The van der Waals surface area contributed by atoms with Crippen molar-refractivity contribution < 1.29 is 4.42 Å². The Kier molecular flexibility index (Phi) is 5.99. The average Bonchev–Trinajstić information content (AvgIpc) is 3.10. The summed E-state index contributed by atoms with van der Waals surface area (Å²) in [6.07, 6.45) is 2.23. The van der Waals surface area contributed by atoms with E-state index in [-0.39, 0.29) is 0 Å². The highest BCUT2D eigenvalue weighted by molar-refractivity contribution is 7.99. The van der Waals surface area contributed by atoms with Crippen molar-refractivity contribution in [2.24, 2.45) is 0 Å². The number of hydrogen-bond acceptors (Lipinski definition) is 5. The Morgan fingerprint density at radius 2 is 2.08 bits per heavy atom. The summed E-state index contributed by atoms with van der Waals surface area (Å²) in [5.41, 5.74) is 1.91. The first-order valence-corrected chi connectivity index (χ1v) is 9.16. The SMILES string of the molecule is N#CCCSc1ccccc1NCc1ncc(-c2cccc(Cl)c2)o1. The zero-order valence-corrected chi connectivity index (χ0v) is 15.0. The third kappa shape index (κ3) is 4.79. The smallest absolute Gasteiger partial charge is 0.214 e. The molecule has 0 amide bonds. The molecule has 0 atom stereocenters. The second kappa shape index (κ2) is 8.61. The molecule has 4 nitrogen and oxygen atoms in total. The topological polar surface area (TPSA) is 61.9 Å². The highest BCUT2D eigenvalue weighted by atomic mass is 35.5. The van der Waals surface area contributed by atoms with Crippen molar-refractivity contribution in [3.05, 3.63) is 65.6 Å². The first-order valence-electron chi connectivity index (χ1n) is 7.79. The molecule has 0 aliphatic rings. The summed E-state index contributed by atoms with van der Waals surface area (Å²) in [6.45, 7) is 0.483. The standard InChI is InChI=1S/C19H16ClN3OS/c20-15-6-3-5-14(11-15)17-12-23-19(24-17)13-22-16-7-1-2-8-18(16)25-10-4-9-21/h1-3,5-8,11-12,22H,4,10,13H2. The van der Waals surface area contributed by atoms with Gasteiger partial charge in [-0.25, -0.2) is 4.98 Å². The van der Waals surface area contributed by atoms with Crippen molar-refractivity contribution in [1.29, 1.82) is 5.26 Å². The van der Waals surface area contributed by atoms with E-state index in [1.54, 1.807) is 18.0 Å². The van der Waals surface area contributed by atoms with Gasteiger partial charge in [-0.05, 0) is 24.3 Å². The summed E-state index contributed by atoms with van der Waals surface area (Å²) in [7, 11) is 0. The summed E-state index contributed by atoms with van der Waals surface area (Å²) in [4.78, 5) is 5.43. The van der Waals surface area contributed by atoms with E-state index in [1.807, 2.05) is 48.5 Å². The zero-order valence-electron chi connectivity index (χ0n) is 13.4. The summed E-state index contributed by atoms with van der Waals surface area (Å²) in [5, 5.41) is 12.7. The van der Waals surface area contributed by atoms with Crippen LogP contribution in [-0.2, 0) is 6.54 Å². The normalized spacial score (nSPS) is 10.4. The summed E-state index contributed by atoms with van der Waals surface area (Å²) in [6, 6.07) is 17.7. The fourth-order valence-corrected chi connectivity index (χ4v) is 3.36. The summed E-state index contributed by atoms with van der Waals surface area (Å²) >= 11 is 7.68. The largest absolute Gasteiger partial charge is 0.439 e. The molecular weight excluding hydrogens is 354 g/mol. The molecule has 0 aliphatic heterocycles. The van der Waals surface area contributed by atoms with Crippen LogP contribution >= 0.6 is 23.4 Å². The molecule has 3 rings (SSSR count). The van der Waals surface area contributed by atoms with Crippen LogP contribution in [0, 0.1) is 11.3 Å². The number of hydrogen-bond donors (Lipinski definition) is 1. The molecule has 3 aromatic rings. The van der Waals surface area contributed by atoms with Crippen LogP contribution in [0.3, 0.4) is 0 Å². The molecule has 0 bridgehead atoms. The number of para-hydroxylation sites is 1. The molecule has 0 aliphatic carbocycles. The van der Waals surface area contributed by atoms with Gasteiger partial charge < -0.3 is 9.73 Å². The van der Waals surface area contributed by atoms with Crippen LogP contribution in [0.2, 0.25) is 5.02 Å². The number of aromatic nitrogens is 1. The lowest BCUT2D eigenvalue weighted by Crippen LogP contribution is -2.00. The van der Waals surface area contributed by atoms with Crippen molar-refractivity contribution in [2.45, 2.75) is 17.9 Å². The second-order valence-corrected chi connectivity index (χ2v) is 6.81. The maximum atomic E-state index is 8.67. The van der Waals surface area contributed by atoms with Gasteiger partial charge in [0.2, 0.25) is 5.89 Å². The van der Waals surface area contributed by atoms with Crippen molar-refractivity contribution >= 4 is 29.1 Å². The predicted molar refractivity (Wildman–Crippen MR) is 102 cm³/mol. The van der Waals surface area contributed by atoms with E-state index >= 15 is 0 Å². The number of oxazole rings is 1. The molecule has 2 aromatic carbocycles. The Balaban J connectivity index is 1.66. The summed E-state index contributed by atoms with van der Waals surface area (Å²) < 4.78 is 5.80. The van der Waals surface area contributed by atoms with Gasteiger partial charge in [0.1, 0.15) is 0 Å². The number of nitrogens with zero attached hydrogens (tertiary/aromatic N) is 2. The van der Waals surface area contributed by atoms with Gasteiger partial charge in [-0.1, -0.05) is 35.9 Å². The fraction of sp³-hybridized carbons (Fsp3) is 0.158. The molecule has 0 saturated carbocycles. The van der Waals surface area contributed by atoms with Gasteiger partial charge in [-0.2, -0.15) is 5.26 Å². The first-order chi connectivity index (χ1) is 12.3. The Morgan fingerprint density at radius 3 is 2.92 bits per heavy atom. The molecular formula is C19H16ClN3OS. The molecule has 1 N–H and O–H groups in total. The molecule has 0 spiro atoms. The Labute approximate surface area is 155 Å². The highest BCUT2D eigenvalue weighted by Gasteiger charge is 2.08. The van der Waals surface area contributed by atoms with Gasteiger partial charge in [0.25, 0.3) is 0 Å². The average molecular weight is 370 g/mol. The van der Waals surface area contributed by atoms with Gasteiger partial charge in [0.15, 0.2) is 5.76 Å². The lowest BCUT2D eigenvalue weighted by Gasteiger charge is -2.09. The Hall–Kier alpha value is -2.42. The van der Waals surface area contributed by atoms with E-state index < -0.39 is 0 Å². The minimum atomic E-state index is 0.483. The van der Waals surface area contributed by atoms with E-state index in [9.17, 15) is 0 Å². The molecule has 126 valence electrons. The van der Waals surface area contributed by atoms with Crippen LogP contribution in [0.1, 0.15) is 12.3 Å². The Morgan fingerprint density at radius 1 is 1.20 bits per heavy atom. The van der Waals surface area contributed by atoms with Crippen molar-refractivity contribution in [3.63, 3.8) is 0 Å². The molecule has 0 radical (unpaired) electrons. The molecule has 6 heteroatoms. The number of thioether (sulfide) groups is 1. The van der Waals surface area contributed by atoms with Crippen LogP contribution in [0.5, 0.6) is 0 Å². The van der Waals surface area contributed by atoms with E-state index in [2.05, 4.69) is 16.4 Å². The van der Waals surface area contributed by atoms with Gasteiger partial charge in [-0.3, -0.25) is 0 Å². The van der Waals surface area contributed by atoms with Crippen LogP contribution in [0.25, 0.3) is 11.3 Å². The van der Waals surface area contributed by atoms with Crippen molar-refractivity contribution in [1.82, 2.24) is 4.98 Å². The van der Waals surface area contributed by atoms with Gasteiger partial charge >= 0.3 is 0 Å². The molecule has 0 unspecified atom stereocenters. The van der Waals surface area contributed by atoms with Crippen molar-refractivity contribution in [3.8, 4) is 17.4 Å². The lowest BCUT2D eigenvalue weighted by atomic mass is 10.2. The van der Waals surface area contributed by atoms with E-state index in [1.165, 1.54) is 0 Å². The predicted octanol–water partition coefficient (Wildman–Crippen LogP) is 5.61.